The standard InChI is InChI=1S/C12H15F3N2O2/c1-16-7-11(18)17(2)8-9-3-5-10(6-4-9)19-12(13,14)15/h3-6,16H,7-8H2,1-2H3. The lowest BCUT2D eigenvalue weighted by Gasteiger charge is -2.17. The molecule has 0 spiro atoms. The van der Waals surface area contributed by atoms with Gasteiger partial charge in [0.2, 0.25) is 5.91 Å². The molecule has 0 aliphatic rings. The first-order valence-corrected chi connectivity index (χ1v) is 5.55. The van der Waals surface area contributed by atoms with Gasteiger partial charge in [0.1, 0.15) is 5.75 Å². The van der Waals surface area contributed by atoms with E-state index in [-0.39, 0.29) is 18.2 Å². The highest BCUT2D eigenvalue weighted by atomic mass is 19.4. The van der Waals surface area contributed by atoms with Gasteiger partial charge in [-0.25, -0.2) is 0 Å². The Morgan fingerprint density at radius 1 is 1.32 bits per heavy atom. The first kappa shape index (κ1) is 15.3. The highest BCUT2D eigenvalue weighted by molar-refractivity contribution is 5.77. The Bertz CT molecular complexity index is 418. The number of carbonyl (C=O) groups excluding carboxylic acids is 1. The van der Waals surface area contributed by atoms with Crippen molar-refractivity contribution in [1.82, 2.24) is 10.2 Å². The summed E-state index contributed by atoms with van der Waals surface area (Å²) in [7, 11) is 3.29. The summed E-state index contributed by atoms with van der Waals surface area (Å²) in [6.45, 7) is 0.540. The molecule has 0 atom stereocenters. The molecule has 0 unspecified atom stereocenters. The van der Waals surface area contributed by atoms with Crippen molar-refractivity contribution in [1.29, 1.82) is 0 Å². The van der Waals surface area contributed by atoms with Gasteiger partial charge in [-0.3, -0.25) is 4.79 Å². The summed E-state index contributed by atoms with van der Waals surface area (Å²) in [4.78, 5) is 13.0. The number of likely N-dealkylation sites (N-methyl/N-ethyl adjacent to an activating group) is 2. The third-order valence-electron chi connectivity index (χ3n) is 2.33. The molecule has 0 fully saturated rings. The molecule has 0 aliphatic heterocycles. The number of halogens is 3. The van der Waals surface area contributed by atoms with E-state index in [0.717, 1.165) is 5.56 Å². The van der Waals surface area contributed by atoms with Crippen LogP contribution in [0.25, 0.3) is 0 Å². The third-order valence-corrected chi connectivity index (χ3v) is 2.33. The van der Waals surface area contributed by atoms with Gasteiger partial charge in [0, 0.05) is 13.6 Å². The molecule has 19 heavy (non-hydrogen) atoms. The zero-order valence-corrected chi connectivity index (χ0v) is 10.6. The van der Waals surface area contributed by atoms with E-state index in [1.807, 2.05) is 0 Å². The fourth-order valence-corrected chi connectivity index (χ4v) is 1.44. The number of amides is 1. The van der Waals surface area contributed by atoms with Crippen LogP contribution in [0.3, 0.4) is 0 Å². The highest BCUT2D eigenvalue weighted by Gasteiger charge is 2.30. The number of benzene rings is 1. The number of hydrogen-bond donors (Lipinski definition) is 1. The number of carbonyl (C=O) groups is 1. The Balaban J connectivity index is 2.59. The SMILES string of the molecule is CNCC(=O)N(C)Cc1ccc(OC(F)(F)F)cc1. The number of nitrogens with zero attached hydrogens (tertiary/aromatic N) is 1. The summed E-state index contributed by atoms with van der Waals surface area (Å²) in [6.07, 6.45) is -4.69. The van der Waals surface area contributed by atoms with Crippen molar-refractivity contribution < 1.29 is 22.7 Å². The first-order chi connectivity index (χ1) is 8.81. The summed E-state index contributed by atoms with van der Waals surface area (Å²) in [6, 6.07) is 5.42. The summed E-state index contributed by atoms with van der Waals surface area (Å²) >= 11 is 0. The van der Waals surface area contributed by atoms with E-state index in [4.69, 9.17) is 0 Å². The largest absolute Gasteiger partial charge is 0.573 e. The van der Waals surface area contributed by atoms with Crippen LogP contribution in [0.15, 0.2) is 24.3 Å². The quantitative estimate of drug-likeness (QED) is 0.891. The second kappa shape index (κ2) is 6.42. The van der Waals surface area contributed by atoms with Crippen LogP contribution in [-0.2, 0) is 11.3 Å². The molecular formula is C12H15F3N2O2. The van der Waals surface area contributed by atoms with Crippen molar-refractivity contribution in [2.75, 3.05) is 20.6 Å². The number of nitrogens with one attached hydrogen (secondary N) is 1. The van der Waals surface area contributed by atoms with Crippen molar-refractivity contribution in [2.24, 2.45) is 0 Å². The van der Waals surface area contributed by atoms with Crippen molar-refractivity contribution in [3.63, 3.8) is 0 Å². The van der Waals surface area contributed by atoms with Crippen LogP contribution in [0.4, 0.5) is 13.2 Å². The predicted molar refractivity (Wildman–Crippen MR) is 63.5 cm³/mol. The molecule has 1 aromatic carbocycles. The Morgan fingerprint density at radius 2 is 1.89 bits per heavy atom. The van der Waals surface area contributed by atoms with Crippen LogP contribution >= 0.6 is 0 Å². The van der Waals surface area contributed by atoms with Crippen LogP contribution in [0.1, 0.15) is 5.56 Å². The van der Waals surface area contributed by atoms with Gasteiger partial charge in [-0.2, -0.15) is 0 Å². The third kappa shape index (κ3) is 5.60. The van der Waals surface area contributed by atoms with Gasteiger partial charge in [0.25, 0.3) is 0 Å². The van der Waals surface area contributed by atoms with E-state index >= 15 is 0 Å². The topological polar surface area (TPSA) is 41.6 Å². The van der Waals surface area contributed by atoms with E-state index < -0.39 is 6.36 Å². The van der Waals surface area contributed by atoms with Crippen molar-refractivity contribution >= 4 is 5.91 Å². The number of rotatable bonds is 5. The Morgan fingerprint density at radius 3 is 2.37 bits per heavy atom. The molecule has 4 nitrogen and oxygen atoms in total. The zero-order chi connectivity index (χ0) is 14.5. The van der Waals surface area contributed by atoms with Gasteiger partial charge in [-0.1, -0.05) is 12.1 Å². The van der Waals surface area contributed by atoms with Gasteiger partial charge in [0.15, 0.2) is 0 Å². The van der Waals surface area contributed by atoms with Crippen LogP contribution in [-0.4, -0.2) is 37.8 Å². The molecule has 1 aromatic rings. The smallest absolute Gasteiger partial charge is 0.406 e. The minimum absolute atomic E-state index is 0.0990. The van der Waals surface area contributed by atoms with Gasteiger partial charge < -0.3 is 15.0 Å². The maximum atomic E-state index is 12.0. The summed E-state index contributed by atoms with van der Waals surface area (Å²) in [5.74, 6) is -0.376. The van der Waals surface area contributed by atoms with Crippen LogP contribution < -0.4 is 10.1 Å². The fraction of sp³-hybridized carbons (Fsp3) is 0.417. The second-order valence-electron chi connectivity index (χ2n) is 3.97. The highest BCUT2D eigenvalue weighted by Crippen LogP contribution is 2.22. The van der Waals surface area contributed by atoms with Gasteiger partial charge in [-0.05, 0) is 24.7 Å². The average Bonchev–Trinajstić information content (AvgIpc) is 2.30. The molecule has 1 rings (SSSR count). The molecule has 0 bridgehead atoms. The average molecular weight is 276 g/mol. The minimum Gasteiger partial charge on any atom is -0.406 e. The van der Waals surface area contributed by atoms with Crippen molar-refractivity contribution in [2.45, 2.75) is 12.9 Å². The summed E-state index contributed by atoms with van der Waals surface area (Å²) in [5, 5.41) is 2.73. The first-order valence-electron chi connectivity index (χ1n) is 5.55. The predicted octanol–water partition coefficient (Wildman–Crippen LogP) is 1.76. The second-order valence-corrected chi connectivity index (χ2v) is 3.97. The van der Waals surface area contributed by atoms with E-state index in [1.165, 1.54) is 29.2 Å². The Labute approximate surface area is 109 Å². The van der Waals surface area contributed by atoms with E-state index in [1.54, 1.807) is 14.1 Å². The molecule has 1 N–H and O–H groups in total. The van der Waals surface area contributed by atoms with Crippen LogP contribution in [0.2, 0.25) is 0 Å². The van der Waals surface area contributed by atoms with E-state index in [0.29, 0.717) is 6.54 Å². The molecule has 0 saturated carbocycles. The number of ether oxygens (including phenoxy) is 1. The molecule has 0 aromatic heterocycles. The van der Waals surface area contributed by atoms with Crippen LogP contribution in [0.5, 0.6) is 5.75 Å². The molecular weight excluding hydrogens is 261 g/mol. The molecule has 0 radical (unpaired) electrons. The zero-order valence-electron chi connectivity index (χ0n) is 10.6. The van der Waals surface area contributed by atoms with Crippen molar-refractivity contribution in [3.8, 4) is 5.75 Å². The molecule has 7 heteroatoms. The normalized spacial score (nSPS) is 11.2. The van der Waals surface area contributed by atoms with Gasteiger partial charge >= 0.3 is 6.36 Å². The number of alkyl halides is 3. The maximum Gasteiger partial charge on any atom is 0.573 e. The van der Waals surface area contributed by atoms with Gasteiger partial charge in [-0.15, -0.1) is 13.2 Å². The monoisotopic (exact) mass is 276 g/mol. The minimum atomic E-state index is -4.69. The lowest BCUT2D eigenvalue weighted by atomic mass is 10.2. The van der Waals surface area contributed by atoms with Crippen molar-refractivity contribution in [3.05, 3.63) is 29.8 Å². The molecule has 0 heterocycles. The maximum absolute atomic E-state index is 12.0. The van der Waals surface area contributed by atoms with Crippen LogP contribution in [0, 0.1) is 0 Å². The summed E-state index contributed by atoms with van der Waals surface area (Å²) in [5.41, 5.74) is 0.724. The fourth-order valence-electron chi connectivity index (χ4n) is 1.44. The Hall–Kier alpha value is -1.76. The lowest BCUT2D eigenvalue weighted by Crippen LogP contribution is -2.33. The van der Waals surface area contributed by atoms with Gasteiger partial charge in [0.05, 0.1) is 6.54 Å². The molecule has 106 valence electrons. The molecule has 1 amide bonds. The molecule has 0 saturated heterocycles. The lowest BCUT2D eigenvalue weighted by molar-refractivity contribution is -0.274. The molecule has 0 aliphatic carbocycles. The Kier molecular flexibility index (Phi) is 5.17. The summed E-state index contributed by atoms with van der Waals surface area (Å²) < 4.78 is 39.6. The van der Waals surface area contributed by atoms with E-state index in [2.05, 4.69) is 10.1 Å². The number of hydrogen-bond acceptors (Lipinski definition) is 3. The van der Waals surface area contributed by atoms with E-state index in [9.17, 15) is 18.0 Å².